The topological polar surface area (TPSA) is 73.3 Å². The third-order valence-electron chi connectivity index (χ3n) is 3.34. The Morgan fingerprint density at radius 1 is 1.50 bits per heavy atom. The molecule has 2 atom stereocenters. The van der Waals surface area contributed by atoms with Gasteiger partial charge in [-0.05, 0) is 19.4 Å². The van der Waals surface area contributed by atoms with E-state index in [1.54, 1.807) is 0 Å². The summed E-state index contributed by atoms with van der Waals surface area (Å²) in [5, 5.41) is 2.91. The van der Waals surface area contributed by atoms with Crippen molar-refractivity contribution in [2.75, 3.05) is 29.9 Å². The maximum absolute atomic E-state index is 13.9. The van der Waals surface area contributed by atoms with Gasteiger partial charge in [-0.2, -0.15) is 0 Å². The molecule has 1 saturated heterocycles. The molecule has 0 amide bonds. The van der Waals surface area contributed by atoms with Gasteiger partial charge in [0.15, 0.2) is 5.82 Å². The second-order valence-electron chi connectivity index (χ2n) is 4.56. The van der Waals surface area contributed by atoms with E-state index in [1.165, 1.54) is 6.07 Å². The number of ether oxygens (including phenoxy) is 1. The van der Waals surface area contributed by atoms with Crippen LogP contribution in [0.1, 0.15) is 13.3 Å². The van der Waals surface area contributed by atoms with Crippen molar-refractivity contribution < 1.29 is 9.13 Å². The Kier molecular flexibility index (Phi) is 3.82. The van der Waals surface area contributed by atoms with Crippen LogP contribution in [0.2, 0.25) is 5.02 Å². The third-order valence-corrected chi connectivity index (χ3v) is 3.72. The summed E-state index contributed by atoms with van der Waals surface area (Å²) in [6, 6.07) is 1.46. The van der Waals surface area contributed by atoms with Crippen LogP contribution < -0.4 is 16.8 Å². The molecule has 6 heteroatoms. The molecule has 0 bridgehead atoms. The quantitative estimate of drug-likeness (QED) is 0.740. The van der Waals surface area contributed by atoms with E-state index >= 15 is 0 Å². The minimum Gasteiger partial charge on any atom is -0.397 e. The van der Waals surface area contributed by atoms with Gasteiger partial charge in [-0.25, -0.2) is 4.39 Å². The summed E-state index contributed by atoms with van der Waals surface area (Å²) in [6.07, 6.45) is 1.13. The number of nitrogen functional groups attached to an aromatic ring is 2. The summed E-state index contributed by atoms with van der Waals surface area (Å²) >= 11 is 5.76. The van der Waals surface area contributed by atoms with Crippen molar-refractivity contribution in [2.45, 2.75) is 19.4 Å². The van der Waals surface area contributed by atoms with Crippen molar-refractivity contribution in [2.24, 2.45) is 5.92 Å². The van der Waals surface area contributed by atoms with E-state index in [0.29, 0.717) is 12.5 Å². The van der Waals surface area contributed by atoms with E-state index in [0.717, 1.165) is 13.0 Å². The van der Waals surface area contributed by atoms with Crippen molar-refractivity contribution in [3.8, 4) is 0 Å². The Bertz CT molecular complexity index is 455. The highest BCUT2D eigenvalue weighted by Gasteiger charge is 2.24. The lowest BCUT2D eigenvalue weighted by Gasteiger charge is -2.18. The van der Waals surface area contributed by atoms with Gasteiger partial charge in [0, 0.05) is 19.1 Å². The Hall–Kier alpha value is -1.20. The zero-order chi connectivity index (χ0) is 13.3. The van der Waals surface area contributed by atoms with E-state index < -0.39 is 5.82 Å². The molecule has 0 saturated carbocycles. The van der Waals surface area contributed by atoms with Crippen molar-refractivity contribution in [1.82, 2.24) is 0 Å². The second kappa shape index (κ2) is 5.20. The van der Waals surface area contributed by atoms with Crippen LogP contribution in [-0.4, -0.2) is 19.3 Å². The van der Waals surface area contributed by atoms with E-state index in [2.05, 4.69) is 5.32 Å². The fourth-order valence-corrected chi connectivity index (χ4v) is 2.27. The summed E-state index contributed by atoms with van der Waals surface area (Å²) in [5.74, 6) is -0.249. The average Bonchev–Trinajstić information content (AvgIpc) is 2.72. The predicted molar refractivity (Wildman–Crippen MR) is 72.2 cm³/mol. The fraction of sp³-hybridized carbons (Fsp3) is 0.500. The lowest BCUT2D eigenvalue weighted by atomic mass is 10.0. The van der Waals surface area contributed by atoms with Gasteiger partial charge in [0.05, 0.1) is 23.2 Å². The Morgan fingerprint density at radius 3 is 2.83 bits per heavy atom. The van der Waals surface area contributed by atoms with Crippen molar-refractivity contribution in [3.05, 3.63) is 16.9 Å². The number of hydrogen-bond acceptors (Lipinski definition) is 4. The minimum absolute atomic E-state index is 0.0950. The molecule has 1 aliphatic heterocycles. The van der Waals surface area contributed by atoms with Crippen molar-refractivity contribution in [3.63, 3.8) is 0 Å². The molecule has 5 N–H and O–H groups in total. The first-order chi connectivity index (χ1) is 8.50. The number of nitrogens with two attached hydrogens (primary N) is 2. The lowest BCUT2D eigenvalue weighted by Crippen LogP contribution is -2.21. The van der Waals surface area contributed by atoms with Gasteiger partial charge in [0.25, 0.3) is 0 Å². The van der Waals surface area contributed by atoms with Crippen molar-refractivity contribution in [1.29, 1.82) is 0 Å². The molecule has 2 unspecified atom stereocenters. The highest BCUT2D eigenvalue weighted by molar-refractivity contribution is 6.33. The first kappa shape index (κ1) is 13.2. The predicted octanol–water partition coefficient (Wildman–Crippen LogP) is 2.48. The van der Waals surface area contributed by atoms with E-state index in [9.17, 15) is 4.39 Å². The molecule has 1 aliphatic rings. The number of nitrogens with one attached hydrogen (secondary N) is 1. The normalized spacial score (nSPS) is 23.3. The van der Waals surface area contributed by atoms with E-state index in [1.807, 2.05) is 6.92 Å². The van der Waals surface area contributed by atoms with Gasteiger partial charge in [-0.15, -0.1) is 0 Å². The molecule has 4 nitrogen and oxygen atoms in total. The summed E-state index contributed by atoms with van der Waals surface area (Å²) in [5.41, 5.74) is 11.9. The molecule has 1 fully saturated rings. The van der Waals surface area contributed by atoms with Crippen LogP contribution in [0.5, 0.6) is 0 Å². The van der Waals surface area contributed by atoms with Crippen LogP contribution in [-0.2, 0) is 4.74 Å². The minimum atomic E-state index is -0.597. The molecule has 1 aromatic rings. The van der Waals surface area contributed by atoms with Gasteiger partial charge in [0.2, 0.25) is 0 Å². The molecule has 0 aliphatic carbocycles. The Labute approximate surface area is 110 Å². The molecular weight excluding hydrogens is 257 g/mol. The van der Waals surface area contributed by atoms with E-state index in [-0.39, 0.29) is 28.2 Å². The monoisotopic (exact) mass is 273 g/mol. The van der Waals surface area contributed by atoms with Crippen LogP contribution in [0.3, 0.4) is 0 Å². The van der Waals surface area contributed by atoms with Gasteiger partial charge >= 0.3 is 0 Å². The van der Waals surface area contributed by atoms with Crippen LogP contribution in [0.15, 0.2) is 6.07 Å². The Balaban J connectivity index is 2.12. The smallest absolute Gasteiger partial charge is 0.169 e. The van der Waals surface area contributed by atoms with Crippen LogP contribution in [0.4, 0.5) is 21.5 Å². The number of hydrogen-bond donors (Lipinski definition) is 3. The molecule has 2 rings (SSSR count). The zero-order valence-electron chi connectivity index (χ0n) is 10.2. The SMILES string of the molecule is CC1OCCC1CNc1c(N)cc(N)c(Cl)c1F. The second-order valence-corrected chi connectivity index (χ2v) is 4.94. The number of benzene rings is 1. The van der Waals surface area contributed by atoms with Gasteiger partial charge in [-0.1, -0.05) is 11.6 Å². The summed E-state index contributed by atoms with van der Waals surface area (Å²) < 4.78 is 19.4. The largest absolute Gasteiger partial charge is 0.397 e. The van der Waals surface area contributed by atoms with Gasteiger partial charge < -0.3 is 21.5 Å². The first-order valence-electron chi connectivity index (χ1n) is 5.89. The summed E-state index contributed by atoms with van der Waals surface area (Å²) in [6.45, 7) is 3.35. The third kappa shape index (κ3) is 2.47. The molecule has 18 heavy (non-hydrogen) atoms. The van der Waals surface area contributed by atoms with E-state index in [4.69, 9.17) is 27.8 Å². The van der Waals surface area contributed by atoms with Gasteiger partial charge in [-0.3, -0.25) is 0 Å². The molecule has 0 aromatic heterocycles. The fourth-order valence-electron chi connectivity index (χ4n) is 2.12. The molecule has 0 spiro atoms. The van der Waals surface area contributed by atoms with Crippen LogP contribution in [0.25, 0.3) is 0 Å². The number of halogens is 2. The Morgan fingerprint density at radius 2 is 2.22 bits per heavy atom. The maximum Gasteiger partial charge on any atom is 0.169 e. The first-order valence-corrected chi connectivity index (χ1v) is 6.27. The van der Waals surface area contributed by atoms with Crippen molar-refractivity contribution >= 4 is 28.7 Å². The maximum atomic E-state index is 13.9. The lowest BCUT2D eigenvalue weighted by molar-refractivity contribution is 0.108. The summed E-state index contributed by atoms with van der Waals surface area (Å²) in [7, 11) is 0. The molecular formula is C12H17ClFN3O. The van der Waals surface area contributed by atoms with Crippen LogP contribution in [0, 0.1) is 11.7 Å². The molecule has 0 radical (unpaired) electrons. The molecule has 1 heterocycles. The molecule has 100 valence electrons. The van der Waals surface area contributed by atoms with Crippen LogP contribution >= 0.6 is 11.6 Å². The number of rotatable bonds is 3. The highest BCUT2D eigenvalue weighted by atomic mass is 35.5. The standard InChI is InChI=1S/C12H17ClFN3O/c1-6-7(2-3-18-6)5-17-12-9(16)4-8(15)10(13)11(12)14/h4,6-7,17H,2-3,5,15-16H2,1H3. The van der Waals surface area contributed by atoms with Gasteiger partial charge in [0.1, 0.15) is 5.02 Å². The summed E-state index contributed by atoms with van der Waals surface area (Å²) in [4.78, 5) is 0. The molecule has 1 aromatic carbocycles. The highest BCUT2D eigenvalue weighted by Crippen LogP contribution is 2.34. The number of anilines is 3. The zero-order valence-corrected chi connectivity index (χ0v) is 10.9. The average molecular weight is 274 g/mol.